The second-order valence-electron chi connectivity index (χ2n) is 2.46. The van der Waals surface area contributed by atoms with E-state index in [0.29, 0.717) is 6.47 Å². The van der Waals surface area contributed by atoms with Gasteiger partial charge in [-0.3, -0.25) is 4.79 Å². The molecule has 0 fully saturated rings. The zero-order valence-electron chi connectivity index (χ0n) is 6.58. The van der Waals surface area contributed by atoms with Gasteiger partial charge in [0.15, 0.2) is 0 Å². The van der Waals surface area contributed by atoms with Crippen LogP contribution < -0.4 is 0 Å². The van der Waals surface area contributed by atoms with Crippen LogP contribution >= 0.6 is 21.0 Å². The molecule has 0 saturated carbocycles. The summed E-state index contributed by atoms with van der Waals surface area (Å²) in [7, 11) is -1.88. The molecule has 0 N–H and O–H groups in total. The molecule has 0 radical (unpaired) electrons. The summed E-state index contributed by atoms with van der Waals surface area (Å²) in [6.45, 7) is 0.413. The van der Waals surface area contributed by atoms with Gasteiger partial charge in [-0.05, 0) is 12.1 Å². The van der Waals surface area contributed by atoms with Crippen LogP contribution in [0.2, 0.25) is 0 Å². The largest absolute Gasteiger partial charge is 0.398 e. The second kappa shape index (κ2) is 3.08. The standard InChI is InChI=1S/C8H7NO2S2/c10-6-11-13(12)5-9-7-3-1-2-4-8(7)13/h1-6,12H. The number of hydrogen-bond donors (Lipinski definition) is 1. The minimum absolute atomic E-state index is 0.413. The Morgan fingerprint density at radius 2 is 2.23 bits per heavy atom. The molecule has 2 rings (SSSR count). The fraction of sp³-hybridized carbons (Fsp3) is 0. The van der Waals surface area contributed by atoms with E-state index in [4.69, 9.17) is 4.18 Å². The van der Waals surface area contributed by atoms with Crippen LogP contribution in [-0.2, 0) is 8.98 Å². The maximum atomic E-state index is 10.3. The quantitative estimate of drug-likeness (QED) is 0.465. The molecule has 68 valence electrons. The van der Waals surface area contributed by atoms with E-state index in [1.54, 1.807) is 5.55 Å². The van der Waals surface area contributed by atoms with E-state index in [9.17, 15) is 4.79 Å². The lowest BCUT2D eigenvalue weighted by Gasteiger charge is -2.23. The fourth-order valence-corrected chi connectivity index (χ4v) is 3.18. The molecule has 0 aliphatic carbocycles. The van der Waals surface area contributed by atoms with Gasteiger partial charge in [-0.25, -0.2) is 4.99 Å². The van der Waals surface area contributed by atoms with Crippen LogP contribution in [0.25, 0.3) is 0 Å². The van der Waals surface area contributed by atoms with Gasteiger partial charge in [0.25, 0.3) is 0 Å². The second-order valence-corrected chi connectivity index (χ2v) is 6.07. The minimum Gasteiger partial charge on any atom is -0.398 e. The molecule has 3 nitrogen and oxygen atoms in total. The van der Waals surface area contributed by atoms with Crippen LogP contribution in [0.4, 0.5) is 5.69 Å². The topological polar surface area (TPSA) is 38.7 Å². The zero-order chi connectivity index (χ0) is 9.31. The fourth-order valence-electron chi connectivity index (χ4n) is 1.13. The average Bonchev–Trinajstić information content (AvgIpc) is 2.46. The van der Waals surface area contributed by atoms with Crippen molar-refractivity contribution in [2.75, 3.05) is 0 Å². The van der Waals surface area contributed by atoms with Gasteiger partial charge in [0.05, 0.1) is 16.1 Å². The molecule has 1 heterocycles. The van der Waals surface area contributed by atoms with Crippen molar-refractivity contribution in [1.29, 1.82) is 0 Å². The molecule has 1 aromatic carbocycles. The minimum atomic E-state index is -1.88. The van der Waals surface area contributed by atoms with Gasteiger partial charge in [-0.1, -0.05) is 23.8 Å². The van der Waals surface area contributed by atoms with E-state index >= 15 is 0 Å². The lowest BCUT2D eigenvalue weighted by molar-refractivity contribution is -0.119. The summed E-state index contributed by atoms with van der Waals surface area (Å²) >= 11 is 4.32. The van der Waals surface area contributed by atoms with Crippen molar-refractivity contribution in [3.05, 3.63) is 24.3 Å². The van der Waals surface area contributed by atoms with Gasteiger partial charge < -0.3 is 4.18 Å². The summed E-state index contributed by atoms with van der Waals surface area (Å²) in [6.07, 6.45) is 0. The van der Waals surface area contributed by atoms with Crippen molar-refractivity contribution < 1.29 is 8.98 Å². The Bertz CT molecular complexity index is 380. The van der Waals surface area contributed by atoms with Crippen molar-refractivity contribution >= 4 is 38.7 Å². The summed E-state index contributed by atoms with van der Waals surface area (Å²) in [5.41, 5.74) is 2.42. The third-order valence-electron chi connectivity index (χ3n) is 1.70. The van der Waals surface area contributed by atoms with Crippen molar-refractivity contribution in [1.82, 2.24) is 0 Å². The number of carbonyl (C=O) groups is 1. The molecule has 1 atom stereocenters. The third-order valence-corrected chi connectivity index (χ3v) is 4.57. The third kappa shape index (κ3) is 1.34. The molecule has 1 aromatic rings. The van der Waals surface area contributed by atoms with Crippen LogP contribution in [0.5, 0.6) is 0 Å². The predicted molar refractivity (Wildman–Crippen MR) is 56.6 cm³/mol. The van der Waals surface area contributed by atoms with Gasteiger partial charge in [-0.2, -0.15) is 0 Å². The Balaban J connectivity index is 2.48. The van der Waals surface area contributed by atoms with Crippen LogP contribution in [0.15, 0.2) is 34.2 Å². The number of benzene rings is 1. The van der Waals surface area contributed by atoms with Gasteiger partial charge in [0.1, 0.15) is 0 Å². The van der Waals surface area contributed by atoms with Crippen LogP contribution in [0.3, 0.4) is 0 Å². The first kappa shape index (κ1) is 8.65. The van der Waals surface area contributed by atoms with Crippen LogP contribution in [0.1, 0.15) is 0 Å². The van der Waals surface area contributed by atoms with E-state index in [0.717, 1.165) is 10.6 Å². The molecule has 1 aliphatic heterocycles. The normalized spacial score (nSPS) is 29.0. The summed E-state index contributed by atoms with van der Waals surface area (Å²) in [6, 6.07) is 7.49. The van der Waals surface area contributed by atoms with Crippen molar-refractivity contribution in [2.45, 2.75) is 4.90 Å². The smallest absolute Gasteiger partial charge is 0.304 e. The van der Waals surface area contributed by atoms with Crippen LogP contribution in [0, 0.1) is 0 Å². The first-order valence-electron chi connectivity index (χ1n) is 3.57. The molecule has 5 heteroatoms. The lowest BCUT2D eigenvalue weighted by Crippen LogP contribution is -1.94. The maximum absolute atomic E-state index is 10.3. The SMILES string of the molecule is O=COS1(S)C=Nc2ccccc21. The lowest BCUT2D eigenvalue weighted by atomic mass is 10.3. The van der Waals surface area contributed by atoms with E-state index in [1.807, 2.05) is 24.3 Å². The number of nitrogens with zero attached hydrogens (tertiary/aromatic N) is 1. The van der Waals surface area contributed by atoms with Crippen LogP contribution in [-0.4, -0.2) is 12.0 Å². The Morgan fingerprint density at radius 3 is 3.00 bits per heavy atom. The van der Waals surface area contributed by atoms with Gasteiger partial charge >= 0.3 is 6.47 Å². The molecule has 0 bridgehead atoms. The van der Waals surface area contributed by atoms with Crippen molar-refractivity contribution in [3.63, 3.8) is 0 Å². The Kier molecular flexibility index (Phi) is 2.05. The highest BCUT2D eigenvalue weighted by molar-refractivity contribution is 8.91. The molecule has 0 amide bonds. The Labute approximate surface area is 82.1 Å². The number of aliphatic imine (C=N–C) groups is 1. The Morgan fingerprint density at radius 1 is 1.46 bits per heavy atom. The van der Waals surface area contributed by atoms with Gasteiger partial charge in [0, 0.05) is 9.34 Å². The van der Waals surface area contributed by atoms with Gasteiger partial charge in [0.2, 0.25) is 0 Å². The highest BCUT2D eigenvalue weighted by Gasteiger charge is 2.29. The molecule has 0 saturated heterocycles. The molecular formula is C8H7NO2S2. The summed E-state index contributed by atoms with van der Waals surface area (Å²) in [5, 5.41) is 0. The number of para-hydroxylation sites is 1. The monoisotopic (exact) mass is 213 g/mol. The molecule has 1 unspecified atom stereocenters. The summed E-state index contributed by atoms with van der Waals surface area (Å²) < 4.78 is 4.93. The zero-order valence-corrected chi connectivity index (χ0v) is 8.29. The van der Waals surface area contributed by atoms with E-state index < -0.39 is 9.34 Å². The molecule has 1 aliphatic rings. The summed E-state index contributed by atoms with van der Waals surface area (Å²) in [4.78, 5) is 15.3. The number of thiol groups is 1. The highest BCUT2D eigenvalue weighted by Crippen LogP contribution is 2.64. The molecule has 0 aromatic heterocycles. The molecule has 13 heavy (non-hydrogen) atoms. The first-order chi connectivity index (χ1) is 6.26. The Hall–Kier alpha value is -0.940. The van der Waals surface area contributed by atoms with Gasteiger partial charge in [-0.15, -0.1) is 0 Å². The maximum Gasteiger partial charge on any atom is 0.304 e. The number of fused-ring (bicyclic) bond motifs is 1. The number of hydrogen-bond acceptors (Lipinski definition) is 4. The molecular weight excluding hydrogens is 206 g/mol. The van der Waals surface area contributed by atoms with E-state index in [-0.39, 0.29) is 0 Å². The highest BCUT2D eigenvalue weighted by atomic mass is 33.1. The number of rotatable bonds is 2. The molecule has 0 spiro atoms. The van der Waals surface area contributed by atoms with Crippen molar-refractivity contribution in [3.8, 4) is 0 Å². The van der Waals surface area contributed by atoms with Crippen molar-refractivity contribution in [2.24, 2.45) is 4.99 Å². The average molecular weight is 213 g/mol. The summed E-state index contributed by atoms with van der Waals surface area (Å²) in [5.74, 6) is 0. The number of carbonyl (C=O) groups excluding carboxylic acids is 1. The van der Waals surface area contributed by atoms with E-state index in [2.05, 4.69) is 16.7 Å². The predicted octanol–water partition coefficient (Wildman–Crippen LogP) is 2.46. The first-order valence-corrected chi connectivity index (χ1v) is 6.24. The van der Waals surface area contributed by atoms with E-state index in [1.165, 1.54) is 0 Å².